The van der Waals surface area contributed by atoms with Crippen molar-refractivity contribution in [3.8, 4) is 23.0 Å². The van der Waals surface area contributed by atoms with Crippen LogP contribution in [-0.2, 0) is 19.0 Å². The fourth-order valence-electron chi connectivity index (χ4n) is 4.14. The summed E-state index contributed by atoms with van der Waals surface area (Å²) in [5, 5.41) is 0. The normalized spacial score (nSPS) is 12.9. The lowest BCUT2D eigenvalue weighted by Gasteiger charge is -2.19. The van der Waals surface area contributed by atoms with E-state index in [2.05, 4.69) is 19.9 Å². The van der Waals surface area contributed by atoms with Gasteiger partial charge in [-0.3, -0.25) is 4.79 Å². The van der Waals surface area contributed by atoms with E-state index in [0.29, 0.717) is 47.9 Å². The highest BCUT2D eigenvalue weighted by Gasteiger charge is 2.34. The third kappa shape index (κ3) is 4.87. The molecular formula is C27H22F3N5O2. The van der Waals surface area contributed by atoms with Crippen molar-refractivity contribution in [3.05, 3.63) is 89.1 Å². The highest BCUT2D eigenvalue weighted by atomic mass is 19.4. The van der Waals surface area contributed by atoms with Gasteiger partial charge in [-0.1, -0.05) is 19.1 Å². The fraction of sp³-hybridized carbons (Fsp3) is 0.222. The Bertz CT molecular complexity index is 1490. The van der Waals surface area contributed by atoms with E-state index in [0.717, 1.165) is 17.7 Å². The van der Waals surface area contributed by atoms with E-state index in [9.17, 15) is 18.0 Å². The largest absolute Gasteiger partial charge is 0.438 e. The first-order valence-electron chi connectivity index (χ1n) is 11.7. The second-order valence-electron chi connectivity index (χ2n) is 8.57. The first-order valence-corrected chi connectivity index (χ1v) is 11.7. The highest BCUT2D eigenvalue weighted by Crippen LogP contribution is 2.37. The van der Waals surface area contributed by atoms with Crippen LogP contribution in [0.2, 0.25) is 0 Å². The first kappa shape index (κ1) is 24.4. The molecule has 0 saturated carbocycles. The Morgan fingerprint density at radius 2 is 1.92 bits per heavy atom. The lowest BCUT2D eigenvalue weighted by molar-refractivity contribution is -0.137. The molecule has 0 bridgehead atoms. The number of aromatic nitrogens is 4. The van der Waals surface area contributed by atoms with Gasteiger partial charge in [0.05, 0.1) is 11.1 Å². The molecule has 0 N–H and O–H groups in total. The molecule has 5 rings (SSSR count). The van der Waals surface area contributed by atoms with Gasteiger partial charge in [0.25, 0.3) is 5.91 Å². The standard InChI is InChI=1S/C27H22F3N5O2/c1-3-23-32-15-33-24(34-23)20-5-4-11-31-25(20)37-22-13-18(7-6-16(22)2)26(36)35-12-10-17-8-9-19(14-21(17)35)27(28,29)30/h4-9,11,13-15H,3,10,12H2,1-2H3. The Balaban J connectivity index is 1.46. The lowest BCUT2D eigenvalue weighted by atomic mass is 10.1. The molecule has 0 fully saturated rings. The summed E-state index contributed by atoms with van der Waals surface area (Å²) in [5.74, 6) is 1.27. The van der Waals surface area contributed by atoms with Crippen LogP contribution in [0.1, 0.15) is 39.8 Å². The summed E-state index contributed by atoms with van der Waals surface area (Å²) in [6, 6.07) is 12.0. The molecule has 2 aromatic carbocycles. The number of aryl methyl sites for hydroxylation is 2. The Kier molecular flexibility index (Phi) is 6.32. The maximum Gasteiger partial charge on any atom is 0.416 e. The number of halogens is 3. The highest BCUT2D eigenvalue weighted by molar-refractivity contribution is 6.07. The molecule has 7 nitrogen and oxygen atoms in total. The number of anilines is 1. The van der Waals surface area contributed by atoms with E-state index in [4.69, 9.17) is 4.74 Å². The Labute approximate surface area is 211 Å². The molecule has 1 aliphatic heterocycles. The number of carbonyl (C=O) groups excluding carboxylic acids is 1. The van der Waals surface area contributed by atoms with Crippen molar-refractivity contribution in [3.63, 3.8) is 0 Å². The molecule has 0 unspecified atom stereocenters. The molecule has 0 atom stereocenters. The van der Waals surface area contributed by atoms with Gasteiger partial charge in [0.15, 0.2) is 5.82 Å². The Hall–Kier alpha value is -4.34. The third-order valence-electron chi connectivity index (χ3n) is 6.15. The second kappa shape index (κ2) is 9.61. The number of ether oxygens (including phenoxy) is 1. The fourth-order valence-corrected chi connectivity index (χ4v) is 4.14. The predicted octanol–water partition coefficient (Wildman–Crippen LogP) is 5.82. The van der Waals surface area contributed by atoms with Crippen LogP contribution in [0.3, 0.4) is 0 Å². The minimum Gasteiger partial charge on any atom is -0.438 e. The van der Waals surface area contributed by atoms with Gasteiger partial charge in [0.1, 0.15) is 17.9 Å². The number of hydrogen-bond acceptors (Lipinski definition) is 6. The van der Waals surface area contributed by atoms with Crippen molar-refractivity contribution in [1.82, 2.24) is 19.9 Å². The minimum atomic E-state index is -4.49. The molecule has 4 aromatic rings. The van der Waals surface area contributed by atoms with Crippen molar-refractivity contribution < 1.29 is 22.7 Å². The van der Waals surface area contributed by atoms with E-state index in [1.165, 1.54) is 17.3 Å². The number of hydrogen-bond donors (Lipinski definition) is 0. The molecular weight excluding hydrogens is 483 g/mol. The number of alkyl halides is 3. The van der Waals surface area contributed by atoms with Crippen LogP contribution >= 0.6 is 0 Å². The summed E-state index contributed by atoms with van der Waals surface area (Å²) < 4.78 is 45.9. The topological polar surface area (TPSA) is 81.1 Å². The van der Waals surface area contributed by atoms with Crippen molar-refractivity contribution in [2.24, 2.45) is 0 Å². The summed E-state index contributed by atoms with van der Waals surface area (Å²) >= 11 is 0. The zero-order chi connectivity index (χ0) is 26.2. The van der Waals surface area contributed by atoms with Crippen molar-refractivity contribution in [2.75, 3.05) is 11.4 Å². The summed E-state index contributed by atoms with van der Waals surface area (Å²) in [6.07, 6.45) is -0.365. The van der Waals surface area contributed by atoms with Gasteiger partial charge in [-0.25, -0.2) is 19.9 Å². The number of nitrogens with zero attached hydrogens (tertiary/aromatic N) is 5. The predicted molar refractivity (Wildman–Crippen MR) is 131 cm³/mol. The number of amides is 1. The van der Waals surface area contributed by atoms with Crippen molar-refractivity contribution in [1.29, 1.82) is 0 Å². The molecule has 2 aromatic heterocycles. The van der Waals surface area contributed by atoms with Gasteiger partial charge < -0.3 is 9.64 Å². The zero-order valence-electron chi connectivity index (χ0n) is 20.1. The van der Waals surface area contributed by atoms with Gasteiger partial charge in [-0.15, -0.1) is 0 Å². The maximum absolute atomic E-state index is 13.4. The van der Waals surface area contributed by atoms with Crippen LogP contribution in [0, 0.1) is 6.92 Å². The smallest absolute Gasteiger partial charge is 0.416 e. The van der Waals surface area contributed by atoms with E-state index in [-0.39, 0.29) is 17.1 Å². The molecule has 188 valence electrons. The zero-order valence-corrected chi connectivity index (χ0v) is 20.1. The van der Waals surface area contributed by atoms with Crippen LogP contribution in [0.25, 0.3) is 11.4 Å². The Morgan fingerprint density at radius 1 is 1.08 bits per heavy atom. The van der Waals surface area contributed by atoms with Gasteiger partial charge in [-0.2, -0.15) is 13.2 Å². The maximum atomic E-state index is 13.4. The van der Waals surface area contributed by atoms with E-state index in [1.807, 2.05) is 13.8 Å². The van der Waals surface area contributed by atoms with E-state index < -0.39 is 17.6 Å². The molecule has 3 heterocycles. The average Bonchev–Trinajstić information content (AvgIpc) is 3.33. The molecule has 10 heteroatoms. The van der Waals surface area contributed by atoms with Crippen LogP contribution in [-0.4, -0.2) is 32.4 Å². The number of carbonyl (C=O) groups is 1. The number of rotatable bonds is 5. The van der Waals surface area contributed by atoms with Crippen LogP contribution in [0.5, 0.6) is 11.6 Å². The second-order valence-corrected chi connectivity index (χ2v) is 8.57. The molecule has 1 aliphatic rings. The average molecular weight is 506 g/mol. The summed E-state index contributed by atoms with van der Waals surface area (Å²) in [7, 11) is 0. The molecule has 37 heavy (non-hydrogen) atoms. The molecule has 0 radical (unpaired) electrons. The van der Waals surface area contributed by atoms with Gasteiger partial charge >= 0.3 is 6.18 Å². The van der Waals surface area contributed by atoms with E-state index >= 15 is 0 Å². The molecule has 0 spiro atoms. The van der Waals surface area contributed by atoms with Crippen molar-refractivity contribution in [2.45, 2.75) is 32.9 Å². The molecule has 0 saturated heterocycles. The van der Waals surface area contributed by atoms with Crippen LogP contribution in [0.15, 0.2) is 61.1 Å². The SMILES string of the molecule is CCc1ncnc(-c2cccnc2Oc2cc(C(=O)N3CCc4ccc(C(F)(F)F)cc43)ccc2C)n1. The van der Waals surface area contributed by atoms with Crippen LogP contribution in [0.4, 0.5) is 18.9 Å². The van der Waals surface area contributed by atoms with Gasteiger partial charge in [0, 0.05) is 30.4 Å². The number of pyridine rings is 1. The van der Waals surface area contributed by atoms with Gasteiger partial charge in [0.2, 0.25) is 5.88 Å². The number of fused-ring (bicyclic) bond motifs is 1. The quantitative estimate of drug-likeness (QED) is 0.340. The van der Waals surface area contributed by atoms with Crippen LogP contribution < -0.4 is 9.64 Å². The summed E-state index contributed by atoms with van der Waals surface area (Å²) in [5.41, 5.74) is 1.79. The molecule has 1 amide bonds. The third-order valence-corrected chi connectivity index (χ3v) is 6.15. The lowest BCUT2D eigenvalue weighted by Crippen LogP contribution is -2.29. The molecule has 0 aliphatic carbocycles. The summed E-state index contributed by atoms with van der Waals surface area (Å²) in [6.45, 7) is 4.06. The summed E-state index contributed by atoms with van der Waals surface area (Å²) in [4.78, 5) is 31.9. The van der Waals surface area contributed by atoms with Crippen molar-refractivity contribution >= 4 is 11.6 Å². The Morgan fingerprint density at radius 3 is 2.70 bits per heavy atom. The first-order chi connectivity index (χ1) is 17.7. The minimum absolute atomic E-state index is 0.254. The monoisotopic (exact) mass is 505 g/mol. The van der Waals surface area contributed by atoms with E-state index in [1.54, 1.807) is 36.5 Å². The number of benzene rings is 2. The van der Waals surface area contributed by atoms with Gasteiger partial charge in [-0.05, 0) is 60.9 Å².